The average molecular weight is 614 g/mol. The standard InChI is InChI=1S/C42H37N4O/c1-28(2)34-14-5-6-15-35(34)30-22-23-43-42(24-30)46-38-17-8-7-16-36(38)37-21-20-33(26-41(37)46)47-32-13-11-12-31(25-32)45-27-44(29(3)4)39-18-9-10-19-40(39)45/h5-29H,1-4H3/q+1. The van der Waals surface area contributed by atoms with Crippen LogP contribution in [0.15, 0.2) is 140 Å². The summed E-state index contributed by atoms with van der Waals surface area (Å²) < 4.78 is 13.4. The third-order valence-corrected chi connectivity index (χ3v) is 9.06. The van der Waals surface area contributed by atoms with Gasteiger partial charge in [0.15, 0.2) is 17.4 Å². The van der Waals surface area contributed by atoms with Crippen molar-refractivity contribution < 1.29 is 4.74 Å². The summed E-state index contributed by atoms with van der Waals surface area (Å²) in [6.45, 7) is 8.91. The summed E-state index contributed by atoms with van der Waals surface area (Å²) in [5.41, 5.74) is 9.31. The van der Waals surface area contributed by atoms with E-state index >= 15 is 0 Å². The van der Waals surface area contributed by atoms with Crippen molar-refractivity contribution in [2.75, 3.05) is 0 Å². The van der Waals surface area contributed by atoms with Gasteiger partial charge in [0.2, 0.25) is 0 Å². The minimum atomic E-state index is 0.346. The quantitative estimate of drug-likeness (QED) is 0.168. The van der Waals surface area contributed by atoms with Gasteiger partial charge in [0.1, 0.15) is 23.0 Å². The van der Waals surface area contributed by atoms with Crippen molar-refractivity contribution in [3.05, 3.63) is 145 Å². The van der Waals surface area contributed by atoms with Gasteiger partial charge < -0.3 is 4.74 Å². The number of hydrogen-bond acceptors (Lipinski definition) is 2. The van der Waals surface area contributed by atoms with Crippen LogP contribution in [0.1, 0.15) is 45.2 Å². The smallest absolute Gasteiger partial charge is 0.191 e. The van der Waals surface area contributed by atoms with E-state index in [-0.39, 0.29) is 0 Å². The number of fused-ring (bicyclic) bond motifs is 4. The van der Waals surface area contributed by atoms with Gasteiger partial charge in [-0.15, -0.1) is 0 Å². The number of rotatable bonds is 7. The highest BCUT2D eigenvalue weighted by atomic mass is 16.5. The number of benzene rings is 5. The van der Waals surface area contributed by atoms with E-state index in [1.54, 1.807) is 0 Å². The van der Waals surface area contributed by atoms with Crippen molar-refractivity contribution in [2.24, 2.45) is 0 Å². The van der Waals surface area contributed by atoms with Gasteiger partial charge in [0.25, 0.3) is 0 Å². The van der Waals surface area contributed by atoms with Crippen molar-refractivity contribution in [3.8, 4) is 34.1 Å². The first-order valence-corrected chi connectivity index (χ1v) is 16.3. The summed E-state index contributed by atoms with van der Waals surface area (Å²) >= 11 is 0. The largest absolute Gasteiger partial charge is 0.456 e. The van der Waals surface area contributed by atoms with E-state index in [1.165, 1.54) is 22.0 Å². The number of aromatic nitrogens is 4. The Morgan fingerprint density at radius 1 is 0.617 bits per heavy atom. The summed E-state index contributed by atoms with van der Waals surface area (Å²) in [5, 5.41) is 2.34. The van der Waals surface area contributed by atoms with Crippen molar-refractivity contribution in [2.45, 2.75) is 39.7 Å². The van der Waals surface area contributed by atoms with E-state index in [2.05, 4.69) is 169 Å². The molecule has 47 heavy (non-hydrogen) atoms. The zero-order chi connectivity index (χ0) is 32.1. The molecule has 8 aromatic rings. The SMILES string of the molecule is CC(C)c1ccccc1-c1ccnc(-n2c3ccccc3c3ccc(Oc4cccc(-n5[cH+]n(C(C)C)c6ccccc65)c4)cc32)c1. The molecule has 8 rings (SSSR count). The van der Waals surface area contributed by atoms with Crippen LogP contribution in [0.25, 0.3) is 55.5 Å². The number of para-hydroxylation sites is 3. The normalized spacial score (nSPS) is 11.8. The Bertz CT molecular complexity index is 2410. The van der Waals surface area contributed by atoms with Crippen LogP contribution in [0, 0.1) is 0 Å². The van der Waals surface area contributed by atoms with Gasteiger partial charge in [-0.1, -0.05) is 56.3 Å². The summed E-state index contributed by atoms with van der Waals surface area (Å²) in [6.07, 6.45) is 4.10. The number of pyridine rings is 1. The molecule has 0 amide bonds. The average Bonchev–Trinajstić information content (AvgIpc) is 3.65. The maximum Gasteiger partial charge on any atom is 0.191 e. The van der Waals surface area contributed by atoms with Crippen molar-refractivity contribution in [3.63, 3.8) is 0 Å². The van der Waals surface area contributed by atoms with E-state index in [9.17, 15) is 0 Å². The second-order valence-corrected chi connectivity index (χ2v) is 12.8. The fourth-order valence-corrected chi connectivity index (χ4v) is 6.82. The summed E-state index contributed by atoms with van der Waals surface area (Å²) in [6, 6.07) is 45.0. The Hall–Kier alpha value is -5.68. The summed E-state index contributed by atoms with van der Waals surface area (Å²) in [7, 11) is 0. The summed E-state index contributed by atoms with van der Waals surface area (Å²) in [5.74, 6) is 2.85. The van der Waals surface area contributed by atoms with Gasteiger partial charge >= 0.3 is 0 Å². The first kappa shape index (κ1) is 28.8. The molecule has 0 aliphatic rings. The molecule has 0 fully saturated rings. The Kier molecular flexibility index (Phi) is 7.10. The topological polar surface area (TPSA) is 36.9 Å². The molecule has 5 heteroatoms. The first-order chi connectivity index (χ1) is 23.0. The number of ether oxygens (including phenoxy) is 1. The molecule has 0 saturated carbocycles. The predicted octanol–water partition coefficient (Wildman–Crippen LogP) is 11.4. The van der Waals surface area contributed by atoms with Crippen LogP contribution in [0.5, 0.6) is 11.5 Å². The first-order valence-electron chi connectivity index (χ1n) is 16.3. The van der Waals surface area contributed by atoms with Gasteiger partial charge in [-0.25, -0.2) is 9.55 Å². The van der Waals surface area contributed by atoms with Crippen LogP contribution in [0.2, 0.25) is 0 Å². The monoisotopic (exact) mass is 613 g/mol. The van der Waals surface area contributed by atoms with E-state index in [1.807, 2.05) is 12.3 Å². The molecule has 0 N–H and O–H groups in total. The van der Waals surface area contributed by atoms with Gasteiger partial charge in [-0.2, -0.15) is 4.57 Å². The van der Waals surface area contributed by atoms with Crippen molar-refractivity contribution >= 4 is 32.8 Å². The highest BCUT2D eigenvalue weighted by Crippen LogP contribution is 2.37. The molecule has 0 aliphatic carbocycles. The highest BCUT2D eigenvalue weighted by molar-refractivity contribution is 6.09. The molecular formula is C42H37N4O+. The molecule has 0 saturated heterocycles. The second-order valence-electron chi connectivity index (χ2n) is 12.8. The Morgan fingerprint density at radius 2 is 1.34 bits per heavy atom. The van der Waals surface area contributed by atoms with Gasteiger partial charge in [0.05, 0.1) is 17.1 Å². The van der Waals surface area contributed by atoms with Crippen LogP contribution in [-0.4, -0.2) is 18.7 Å². The Morgan fingerprint density at radius 3 is 2.17 bits per heavy atom. The lowest BCUT2D eigenvalue weighted by atomic mass is 9.93. The molecule has 3 heterocycles. The van der Waals surface area contributed by atoms with Crippen LogP contribution in [0.3, 0.4) is 0 Å². The Labute approximate surface area is 274 Å². The third kappa shape index (κ3) is 5.05. The zero-order valence-electron chi connectivity index (χ0n) is 27.1. The molecule has 0 unspecified atom stereocenters. The van der Waals surface area contributed by atoms with Crippen LogP contribution < -0.4 is 4.74 Å². The zero-order valence-corrected chi connectivity index (χ0v) is 27.1. The highest BCUT2D eigenvalue weighted by Gasteiger charge is 2.19. The number of imidazole rings is 1. The molecule has 0 spiro atoms. The second kappa shape index (κ2) is 11.6. The van der Waals surface area contributed by atoms with Gasteiger partial charge in [-0.3, -0.25) is 4.57 Å². The molecule has 5 nitrogen and oxygen atoms in total. The van der Waals surface area contributed by atoms with Crippen molar-refractivity contribution in [1.82, 2.24) is 18.7 Å². The van der Waals surface area contributed by atoms with Crippen LogP contribution >= 0.6 is 0 Å². The molecule has 0 atom stereocenters. The molecule has 5 aromatic carbocycles. The van der Waals surface area contributed by atoms with E-state index in [0.717, 1.165) is 50.5 Å². The maximum atomic E-state index is 6.58. The molecule has 0 aliphatic heterocycles. The maximum absolute atomic E-state index is 6.58. The fourth-order valence-electron chi connectivity index (χ4n) is 6.82. The predicted molar refractivity (Wildman–Crippen MR) is 194 cm³/mol. The summed E-state index contributed by atoms with van der Waals surface area (Å²) in [4.78, 5) is 4.90. The number of hydrogen-bond donors (Lipinski definition) is 0. The molecule has 0 radical (unpaired) electrons. The van der Waals surface area contributed by atoms with E-state index in [4.69, 9.17) is 9.72 Å². The van der Waals surface area contributed by atoms with Crippen molar-refractivity contribution in [1.29, 1.82) is 0 Å². The lowest BCUT2D eigenvalue weighted by Gasteiger charge is -2.14. The molecule has 230 valence electrons. The molecule has 3 aromatic heterocycles. The molecule has 0 bridgehead atoms. The van der Waals surface area contributed by atoms with Gasteiger partial charge in [0, 0.05) is 47.3 Å². The lowest BCUT2D eigenvalue weighted by molar-refractivity contribution is 0.483. The third-order valence-electron chi connectivity index (χ3n) is 9.06. The minimum absolute atomic E-state index is 0.346. The lowest BCUT2D eigenvalue weighted by Crippen LogP contribution is -1.99. The minimum Gasteiger partial charge on any atom is -0.456 e. The number of nitrogens with zero attached hydrogens (tertiary/aromatic N) is 4. The van der Waals surface area contributed by atoms with Crippen LogP contribution in [0.4, 0.5) is 0 Å². The fraction of sp³-hybridized carbons (Fsp3) is 0.143. The van der Waals surface area contributed by atoms with E-state index in [0.29, 0.717) is 12.0 Å². The molecular weight excluding hydrogens is 576 g/mol. The Balaban J connectivity index is 1.22. The van der Waals surface area contributed by atoms with Crippen LogP contribution in [-0.2, 0) is 0 Å². The van der Waals surface area contributed by atoms with Gasteiger partial charge in [-0.05, 0) is 91.1 Å². The van der Waals surface area contributed by atoms with E-state index < -0.39 is 0 Å².